The summed E-state index contributed by atoms with van der Waals surface area (Å²) in [5.74, 6) is 0. The molecule has 0 aliphatic rings. The maximum atomic E-state index is 3.43. The molecular weight excluding hydrogens is 246 g/mol. The minimum Gasteiger partial charge on any atom is -0.312 e. The van der Waals surface area contributed by atoms with E-state index in [0.29, 0.717) is 6.04 Å². The second-order valence-corrected chi connectivity index (χ2v) is 6.35. The molecule has 0 spiro atoms. The highest BCUT2D eigenvalue weighted by Gasteiger charge is 2.11. The van der Waals surface area contributed by atoms with E-state index in [0.717, 1.165) is 6.42 Å². The molecule has 0 aliphatic carbocycles. The number of aryl methyl sites for hydroxylation is 2. The van der Waals surface area contributed by atoms with Crippen LogP contribution in [-0.2, 0) is 12.8 Å². The zero-order valence-corrected chi connectivity index (χ0v) is 12.0. The highest BCUT2D eigenvalue weighted by atomic mass is 32.1. The lowest BCUT2D eigenvalue weighted by Gasteiger charge is -2.13. The third-order valence-electron chi connectivity index (χ3n) is 2.98. The predicted octanol–water partition coefficient (Wildman–Crippen LogP) is 4.27. The van der Waals surface area contributed by atoms with Crippen LogP contribution in [-0.4, -0.2) is 7.05 Å². The van der Waals surface area contributed by atoms with E-state index in [1.807, 2.05) is 22.7 Å². The van der Waals surface area contributed by atoms with Crippen molar-refractivity contribution in [3.63, 3.8) is 0 Å². The van der Waals surface area contributed by atoms with Crippen molar-refractivity contribution >= 4 is 22.7 Å². The molecule has 0 saturated carbocycles. The topological polar surface area (TPSA) is 12.0 Å². The van der Waals surface area contributed by atoms with Crippen LogP contribution >= 0.6 is 22.7 Å². The lowest BCUT2D eigenvalue weighted by Crippen LogP contribution is -2.15. The molecule has 2 aromatic rings. The Kier molecular flexibility index (Phi) is 4.77. The third-order valence-corrected chi connectivity index (χ3v) is 5.26. The molecule has 2 aromatic heterocycles. The molecule has 0 fully saturated rings. The van der Waals surface area contributed by atoms with Gasteiger partial charge in [-0.05, 0) is 49.9 Å². The van der Waals surface area contributed by atoms with Crippen LogP contribution in [0, 0.1) is 0 Å². The Bertz CT molecular complexity index is 431. The van der Waals surface area contributed by atoms with Gasteiger partial charge in [0.1, 0.15) is 0 Å². The van der Waals surface area contributed by atoms with Gasteiger partial charge < -0.3 is 5.32 Å². The fourth-order valence-corrected chi connectivity index (χ4v) is 3.76. The van der Waals surface area contributed by atoms with Crippen molar-refractivity contribution in [2.75, 3.05) is 7.05 Å². The van der Waals surface area contributed by atoms with Gasteiger partial charge in [0.2, 0.25) is 0 Å². The Balaban J connectivity index is 1.96. The van der Waals surface area contributed by atoms with Gasteiger partial charge in [0.15, 0.2) is 0 Å². The second kappa shape index (κ2) is 6.34. The van der Waals surface area contributed by atoms with Gasteiger partial charge in [-0.15, -0.1) is 22.7 Å². The molecule has 1 atom stereocenters. The number of thiophene rings is 2. The molecule has 92 valence electrons. The van der Waals surface area contributed by atoms with Gasteiger partial charge >= 0.3 is 0 Å². The minimum atomic E-state index is 0.502. The van der Waals surface area contributed by atoms with Crippen molar-refractivity contribution < 1.29 is 0 Å². The summed E-state index contributed by atoms with van der Waals surface area (Å²) in [4.78, 5) is 4.44. The summed E-state index contributed by atoms with van der Waals surface area (Å²) in [6.45, 7) is 2.22. The van der Waals surface area contributed by atoms with Gasteiger partial charge in [-0.3, -0.25) is 0 Å². The number of hydrogen-bond donors (Lipinski definition) is 1. The average molecular weight is 265 g/mol. The monoisotopic (exact) mass is 265 g/mol. The van der Waals surface area contributed by atoms with Crippen LogP contribution in [0.25, 0.3) is 0 Å². The summed E-state index contributed by atoms with van der Waals surface area (Å²) in [7, 11) is 2.06. The highest BCUT2D eigenvalue weighted by Crippen LogP contribution is 2.27. The fourth-order valence-electron chi connectivity index (χ4n) is 1.94. The van der Waals surface area contributed by atoms with Crippen LogP contribution in [0.5, 0.6) is 0 Å². The minimum absolute atomic E-state index is 0.502. The quantitative estimate of drug-likeness (QED) is 0.822. The normalized spacial score (nSPS) is 12.8. The van der Waals surface area contributed by atoms with E-state index in [4.69, 9.17) is 0 Å². The lowest BCUT2D eigenvalue weighted by molar-refractivity contribution is 0.560. The molecule has 0 bridgehead atoms. The molecule has 2 heterocycles. The van der Waals surface area contributed by atoms with Gasteiger partial charge in [0.05, 0.1) is 0 Å². The van der Waals surface area contributed by atoms with Crippen LogP contribution in [0.3, 0.4) is 0 Å². The molecule has 17 heavy (non-hydrogen) atoms. The van der Waals surface area contributed by atoms with Crippen LogP contribution in [0.2, 0.25) is 0 Å². The Morgan fingerprint density at radius 3 is 2.71 bits per heavy atom. The molecule has 3 heteroatoms. The maximum Gasteiger partial charge on any atom is 0.0415 e. The van der Waals surface area contributed by atoms with Crippen molar-refractivity contribution in [1.29, 1.82) is 0 Å². The largest absolute Gasteiger partial charge is 0.312 e. The molecule has 0 amide bonds. The first-order valence-electron chi connectivity index (χ1n) is 6.11. The smallest absolute Gasteiger partial charge is 0.0415 e. The standard InChI is InChI=1S/C14H19NS2/c1-3-11-7-9-14(17-11)13(15-2)8-6-12-5-4-10-16-12/h4-5,7,9-10,13,15H,3,6,8H2,1-2H3. The summed E-state index contributed by atoms with van der Waals surface area (Å²) < 4.78 is 0. The number of rotatable bonds is 6. The first kappa shape index (κ1) is 12.8. The van der Waals surface area contributed by atoms with Gasteiger partial charge in [-0.2, -0.15) is 0 Å². The summed E-state index contributed by atoms with van der Waals surface area (Å²) in [5, 5.41) is 5.59. The van der Waals surface area contributed by atoms with E-state index in [-0.39, 0.29) is 0 Å². The van der Waals surface area contributed by atoms with Gasteiger partial charge in [-0.25, -0.2) is 0 Å². The lowest BCUT2D eigenvalue weighted by atomic mass is 10.1. The summed E-state index contributed by atoms with van der Waals surface area (Å²) in [5.41, 5.74) is 0. The van der Waals surface area contributed by atoms with E-state index in [9.17, 15) is 0 Å². The molecule has 0 radical (unpaired) electrons. The van der Waals surface area contributed by atoms with Crippen molar-refractivity contribution in [2.24, 2.45) is 0 Å². The number of hydrogen-bond acceptors (Lipinski definition) is 3. The Morgan fingerprint density at radius 2 is 2.12 bits per heavy atom. The van der Waals surface area contributed by atoms with Crippen molar-refractivity contribution in [2.45, 2.75) is 32.2 Å². The molecule has 1 N–H and O–H groups in total. The predicted molar refractivity (Wildman–Crippen MR) is 78.1 cm³/mol. The Morgan fingerprint density at radius 1 is 1.24 bits per heavy atom. The van der Waals surface area contributed by atoms with Gasteiger partial charge in [-0.1, -0.05) is 13.0 Å². The number of nitrogens with one attached hydrogen (secondary N) is 1. The van der Waals surface area contributed by atoms with Crippen LogP contribution in [0.15, 0.2) is 29.6 Å². The molecule has 0 aromatic carbocycles. The first-order valence-corrected chi connectivity index (χ1v) is 7.81. The van der Waals surface area contributed by atoms with Crippen LogP contribution < -0.4 is 5.32 Å². The summed E-state index contributed by atoms with van der Waals surface area (Å²) >= 11 is 3.80. The Hall–Kier alpha value is -0.640. The SMILES string of the molecule is CCc1ccc(C(CCc2cccs2)NC)s1. The molecule has 1 unspecified atom stereocenters. The van der Waals surface area contributed by atoms with Crippen molar-refractivity contribution in [3.05, 3.63) is 44.3 Å². The van der Waals surface area contributed by atoms with Crippen LogP contribution in [0.1, 0.15) is 34.0 Å². The Labute approximate surface area is 112 Å². The third kappa shape index (κ3) is 3.41. The molecular formula is C14H19NS2. The van der Waals surface area contributed by atoms with Gasteiger partial charge in [0, 0.05) is 20.7 Å². The van der Waals surface area contributed by atoms with E-state index in [2.05, 4.69) is 48.9 Å². The summed E-state index contributed by atoms with van der Waals surface area (Å²) in [6.07, 6.45) is 3.50. The van der Waals surface area contributed by atoms with E-state index < -0.39 is 0 Å². The second-order valence-electron chi connectivity index (χ2n) is 4.12. The van der Waals surface area contributed by atoms with Crippen LogP contribution in [0.4, 0.5) is 0 Å². The van der Waals surface area contributed by atoms with Crippen molar-refractivity contribution in [1.82, 2.24) is 5.32 Å². The van der Waals surface area contributed by atoms with E-state index >= 15 is 0 Å². The zero-order chi connectivity index (χ0) is 12.1. The molecule has 2 rings (SSSR count). The summed E-state index contributed by atoms with van der Waals surface area (Å²) in [6, 6.07) is 9.40. The molecule has 1 nitrogen and oxygen atoms in total. The maximum absolute atomic E-state index is 3.43. The van der Waals surface area contributed by atoms with Gasteiger partial charge in [0.25, 0.3) is 0 Å². The molecule has 0 saturated heterocycles. The average Bonchev–Trinajstić information content (AvgIpc) is 3.00. The van der Waals surface area contributed by atoms with E-state index in [1.165, 1.54) is 27.5 Å². The van der Waals surface area contributed by atoms with Crippen molar-refractivity contribution in [3.8, 4) is 0 Å². The zero-order valence-electron chi connectivity index (χ0n) is 10.4. The fraction of sp³-hybridized carbons (Fsp3) is 0.429. The highest BCUT2D eigenvalue weighted by molar-refractivity contribution is 7.12. The van der Waals surface area contributed by atoms with E-state index in [1.54, 1.807) is 0 Å². The first-order chi connectivity index (χ1) is 8.33. The molecule has 0 aliphatic heterocycles.